The molecule has 10 bridgehead atoms. The van der Waals surface area contributed by atoms with Crippen LogP contribution in [0.25, 0.3) is 10.8 Å². The Bertz CT molecular complexity index is 4100. The van der Waals surface area contributed by atoms with Crippen molar-refractivity contribution in [2.24, 2.45) is 46.0 Å². The van der Waals surface area contributed by atoms with Crippen molar-refractivity contribution in [1.82, 2.24) is 0 Å². The molecule has 7 aromatic rings. The molecule has 90 heavy (non-hydrogen) atoms. The third-order valence-corrected chi connectivity index (χ3v) is 23.4. The molecule has 1 saturated heterocycles. The maximum atomic E-state index is 14.5. The fraction of sp³-hybridized carbons (Fsp3) is 0.416. The lowest BCUT2D eigenvalue weighted by molar-refractivity contribution is -0.0834. The summed E-state index contributed by atoms with van der Waals surface area (Å²) in [5.74, 6) is 4.94. The summed E-state index contributed by atoms with van der Waals surface area (Å²) in [7, 11) is -4.72. The molecular formula is C77H83N3O9S. The van der Waals surface area contributed by atoms with Crippen molar-refractivity contribution in [3.05, 3.63) is 224 Å². The van der Waals surface area contributed by atoms with Crippen molar-refractivity contribution in [3.63, 3.8) is 0 Å². The lowest BCUT2D eigenvalue weighted by Gasteiger charge is -2.46. The number of aryl methyl sites for hydroxylation is 3. The van der Waals surface area contributed by atoms with Crippen molar-refractivity contribution in [1.29, 1.82) is 0 Å². The normalized spacial score (nSPS) is 29.8. The van der Waals surface area contributed by atoms with Crippen LogP contribution in [-0.2, 0) is 52.7 Å². The van der Waals surface area contributed by atoms with Crippen molar-refractivity contribution >= 4 is 26.9 Å². The van der Waals surface area contributed by atoms with E-state index in [0.717, 1.165) is 88.6 Å². The Hall–Kier alpha value is -7.28. The monoisotopic (exact) mass is 1230 g/mol. The lowest BCUT2D eigenvalue weighted by Crippen LogP contribution is -2.48. The molecular weight excluding hydrogens is 1140 g/mol. The van der Waals surface area contributed by atoms with Crippen LogP contribution >= 0.6 is 0 Å². The highest BCUT2D eigenvalue weighted by atomic mass is 32.2. The smallest absolute Gasteiger partial charge is 0.268 e. The lowest BCUT2D eigenvalue weighted by atomic mass is 9.64. The van der Waals surface area contributed by atoms with Crippen molar-refractivity contribution in [3.8, 4) is 23.3 Å². The number of phenolic OH excluding ortho intramolecular Hbond substituents is 1. The van der Waals surface area contributed by atoms with Gasteiger partial charge in [-0.3, -0.25) is 4.55 Å². The molecule has 0 spiro atoms. The molecule has 9 aliphatic rings. The molecule has 2 fully saturated rings. The van der Waals surface area contributed by atoms with E-state index in [2.05, 4.69) is 116 Å². The van der Waals surface area contributed by atoms with Gasteiger partial charge in [0.2, 0.25) is 5.72 Å². The van der Waals surface area contributed by atoms with Gasteiger partial charge in [-0.15, -0.1) is 0 Å². The Balaban J connectivity index is 0.877. The summed E-state index contributed by atoms with van der Waals surface area (Å²) < 4.78 is 55.7. The molecule has 14 atom stereocenters. The van der Waals surface area contributed by atoms with Gasteiger partial charge in [-0.05, 0) is 216 Å². The van der Waals surface area contributed by atoms with Crippen molar-refractivity contribution < 1.29 is 42.9 Å². The molecule has 7 aromatic carbocycles. The Morgan fingerprint density at radius 1 is 0.800 bits per heavy atom. The van der Waals surface area contributed by atoms with Gasteiger partial charge in [-0.1, -0.05) is 146 Å². The van der Waals surface area contributed by atoms with Crippen LogP contribution in [0.3, 0.4) is 0 Å². The predicted octanol–water partition coefficient (Wildman–Crippen LogP) is 13.0. The molecule has 0 radical (unpaired) electrons. The summed E-state index contributed by atoms with van der Waals surface area (Å²) in [6.45, 7) is 2.10. The van der Waals surface area contributed by atoms with Gasteiger partial charge in [-0.25, -0.2) is 4.99 Å². The van der Waals surface area contributed by atoms with E-state index in [-0.39, 0.29) is 66.9 Å². The van der Waals surface area contributed by atoms with E-state index < -0.39 is 56.7 Å². The first-order chi connectivity index (χ1) is 43.5. The number of aromatic hydroxyl groups is 1. The van der Waals surface area contributed by atoms with Crippen LogP contribution in [-0.4, -0.2) is 62.9 Å². The fourth-order valence-electron chi connectivity index (χ4n) is 17.7. The van der Waals surface area contributed by atoms with Crippen LogP contribution in [0.1, 0.15) is 174 Å². The molecule has 13 heteroatoms. The quantitative estimate of drug-likeness (QED) is 0.0237. The molecule has 12 nitrogen and oxygen atoms in total. The number of rotatable bonds is 9. The van der Waals surface area contributed by atoms with Crippen LogP contribution in [0.15, 0.2) is 162 Å². The fourth-order valence-corrected chi connectivity index (χ4v) is 18.8. The number of nitrogens with zero attached hydrogens (tertiary/aromatic N) is 1. The maximum absolute atomic E-state index is 14.5. The van der Waals surface area contributed by atoms with E-state index in [1.54, 1.807) is 12.1 Å². The molecule has 5 aliphatic heterocycles. The number of hydrogen-bond donors (Lipinski definition) is 7. The summed E-state index contributed by atoms with van der Waals surface area (Å²) in [4.78, 5) is 5.22. The largest absolute Gasteiger partial charge is 0.508 e. The minimum Gasteiger partial charge on any atom is -0.508 e. The van der Waals surface area contributed by atoms with Gasteiger partial charge in [0.25, 0.3) is 10.1 Å². The zero-order chi connectivity index (χ0) is 62.1. The van der Waals surface area contributed by atoms with E-state index in [4.69, 9.17) is 25.9 Å². The molecule has 0 unspecified atom stereocenters. The van der Waals surface area contributed by atoms with E-state index in [9.17, 15) is 33.4 Å². The number of aliphatic hydroxyl groups is 3. The highest BCUT2D eigenvalue weighted by molar-refractivity contribution is 7.86. The topological polar surface area (TPSA) is 218 Å². The number of guanidine groups is 1. The molecule has 1 saturated carbocycles. The van der Waals surface area contributed by atoms with E-state index in [1.807, 2.05) is 42.5 Å². The predicted molar refractivity (Wildman–Crippen MR) is 351 cm³/mol. The van der Waals surface area contributed by atoms with Crippen LogP contribution < -0.4 is 16.2 Å². The summed E-state index contributed by atoms with van der Waals surface area (Å²) in [5, 5.41) is 48.5. The Morgan fingerprint density at radius 3 is 2.38 bits per heavy atom. The van der Waals surface area contributed by atoms with Crippen LogP contribution in [0, 0.1) is 41.4 Å². The van der Waals surface area contributed by atoms with Gasteiger partial charge in [0.05, 0.1) is 23.1 Å². The molecule has 466 valence electrons. The van der Waals surface area contributed by atoms with Gasteiger partial charge in [0.15, 0.2) is 5.96 Å². The molecule has 0 amide bonds. The first-order valence-electron chi connectivity index (χ1n) is 32.8. The minimum atomic E-state index is -4.72. The van der Waals surface area contributed by atoms with Crippen molar-refractivity contribution in [2.75, 3.05) is 6.61 Å². The number of nitrogens with two attached hydrogens (primary N) is 2. The number of aliphatic imine (C=N–C) groups is 1. The maximum Gasteiger partial charge on any atom is 0.268 e. The van der Waals surface area contributed by atoms with Gasteiger partial charge in [0, 0.05) is 48.5 Å². The number of ether oxygens (including phenoxy) is 2. The Morgan fingerprint density at radius 2 is 1.57 bits per heavy atom. The van der Waals surface area contributed by atoms with Crippen LogP contribution in [0.4, 0.5) is 0 Å². The summed E-state index contributed by atoms with van der Waals surface area (Å²) in [6.07, 6.45) is 9.83. The number of aliphatic hydroxyl groups excluding tert-OH is 2. The SMILES string of the molecule is C[C@@H]1CCc2cc3ccc2[C@H]1C[C@@H](S(=O)(=O)O)[C@H]1C=C2C[C@H](C[C@H]4C[C@@H](CO)CC#Cc5cc(O)ccc5[C@@H]2O4)[C@@H]1c1ccc(cc1)[C@@](C[C@H](Cc1ccccc1)[C@@]1(O)CCC[C@H](c2ccc4c(c2)CCc2ccc5ccccc5c2C[C@H]4O)C1)(N=C(N)N)O3. The molecule has 5 heterocycles. The zero-order valence-corrected chi connectivity index (χ0v) is 52.1. The Labute approximate surface area is 529 Å². The van der Waals surface area contributed by atoms with Gasteiger partial charge in [-0.2, -0.15) is 8.42 Å². The molecule has 16 rings (SSSR count). The van der Waals surface area contributed by atoms with Gasteiger partial charge < -0.3 is 41.4 Å². The number of hydrogen-bond acceptors (Lipinski definition) is 9. The molecule has 9 N–H and O–H groups in total. The molecule has 0 aromatic heterocycles. The van der Waals surface area contributed by atoms with Crippen LogP contribution in [0.2, 0.25) is 0 Å². The first kappa shape index (κ1) is 60.3. The van der Waals surface area contributed by atoms with Crippen LogP contribution in [0.5, 0.6) is 11.5 Å². The standard InChI is InChI=1S/C77H83N3O9S/c1-46-16-17-55-38-62-28-31-65(55)68(46)42-72(90(85,86)87)70-40-58-36-57(39-63-34-48(45-81)11-7-13-53-37-61(82)27-30-67(53)74(58)88-63)73(70)51-22-25-59(26-23-51)77(89-62,80-75(78)79)44-60(33-47-9-3-2-4-10-47)76(84)32-8-14-56(43-76)52-24-29-66-54(35-52)21-20-50-19-18-49-12-5-6-15-64(49)69(50)41-71(66)83/h2-6,9-10,12,15,18-19,22-31,35,37-38,40,46,48,56-57,60,63,68,70-74,81-84H,8,11,14,16-17,20-21,32-34,36,39,41-45H2,1H3,(H4,78,79,80)(H,85,86,87)/t46-,48+,56+,57-,60+,63-,68+,70-,71-,72-,73+,74-,76-,77+/m1/s1. The third kappa shape index (κ3) is 11.8. The van der Waals surface area contributed by atoms with Gasteiger partial charge in [0.1, 0.15) is 17.6 Å². The summed E-state index contributed by atoms with van der Waals surface area (Å²) >= 11 is 0. The number of phenols is 1. The average molecular weight is 1230 g/mol. The van der Waals surface area contributed by atoms with Crippen molar-refractivity contribution in [2.45, 2.75) is 162 Å². The summed E-state index contributed by atoms with van der Waals surface area (Å²) in [5.41, 5.74) is 23.2. The van der Waals surface area contributed by atoms with Gasteiger partial charge >= 0.3 is 0 Å². The highest BCUT2D eigenvalue weighted by Gasteiger charge is 2.51. The molecule has 4 aliphatic carbocycles. The van der Waals surface area contributed by atoms with E-state index >= 15 is 0 Å². The van der Waals surface area contributed by atoms with E-state index in [0.29, 0.717) is 68.2 Å². The zero-order valence-electron chi connectivity index (χ0n) is 51.3. The Kier molecular flexibility index (Phi) is 16.3. The second-order valence-electron chi connectivity index (χ2n) is 27.7. The third-order valence-electron chi connectivity index (χ3n) is 22.1. The summed E-state index contributed by atoms with van der Waals surface area (Å²) in [6, 6.07) is 49.1. The number of allylic oxidation sites excluding steroid dienone is 1. The second-order valence-corrected chi connectivity index (χ2v) is 29.3. The average Bonchev–Trinajstić information content (AvgIpc) is 1.35. The highest BCUT2D eigenvalue weighted by Crippen LogP contribution is 2.56. The second kappa shape index (κ2) is 24.4. The van der Waals surface area contributed by atoms with E-state index in [1.165, 1.54) is 21.9 Å². The number of fused-ring (bicyclic) bond motifs is 13. The number of benzene rings is 7. The minimum absolute atomic E-state index is 0.0152. The first-order valence-corrected chi connectivity index (χ1v) is 34.3.